The summed E-state index contributed by atoms with van der Waals surface area (Å²) in [6.45, 7) is 1.96. The smallest absolute Gasteiger partial charge is 0.258 e. The normalized spacial score (nSPS) is 11.0. The fraction of sp³-hybridized carbons (Fsp3) is 0.0476. The second kappa shape index (κ2) is 6.84. The zero-order chi connectivity index (χ0) is 19.8. The van der Waals surface area contributed by atoms with E-state index >= 15 is 0 Å². The molecular weight excluding hydrogens is 369 g/mol. The number of carbonyl (C=O) groups excluding carboxylic acids is 1. The van der Waals surface area contributed by atoms with Crippen molar-refractivity contribution in [1.29, 1.82) is 0 Å². The van der Waals surface area contributed by atoms with Gasteiger partial charge in [0, 0.05) is 17.3 Å². The number of benzene rings is 3. The summed E-state index contributed by atoms with van der Waals surface area (Å²) in [5.41, 5.74) is 2.56. The molecule has 0 atom stereocenters. The third-order valence-corrected chi connectivity index (χ3v) is 4.19. The van der Waals surface area contributed by atoms with Gasteiger partial charge in [-0.1, -0.05) is 17.7 Å². The van der Waals surface area contributed by atoms with Gasteiger partial charge >= 0.3 is 0 Å². The Kier molecular flexibility index (Phi) is 4.35. The standard InChI is InChI=1S/C21H13F3N2O2/c1-11-3-2-4-12(9-11)21-26-16-8-5-13(10-17(16)28-21)25-20(27)14-6-7-15(22)19(24)18(14)23/h2-10H,1H3,(H,25,27). The van der Waals surface area contributed by atoms with E-state index < -0.39 is 28.9 Å². The van der Waals surface area contributed by atoms with Gasteiger partial charge in [0.1, 0.15) is 5.52 Å². The molecule has 0 spiro atoms. The first-order chi connectivity index (χ1) is 13.4. The first-order valence-electron chi connectivity index (χ1n) is 8.35. The van der Waals surface area contributed by atoms with E-state index in [2.05, 4.69) is 10.3 Å². The van der Waals surface area contributed by atoms with E-state index in [4.69, 9.17) is 4.42 Å². The van der Waals surface area contributed by atoms with Gasteiger partial charge < -0.3 is 9.73 Å². The molecule has 0 aliphatic heterocycles. The van der Waals surface area contributed by atoms with E-state index in [1.165, 1.54) is 6.07 Å². The number of fused-ring (bicyclic) bond motifs is 1. The molecule has 0 fully saturated rings. The lowest BCUT2D eigenvalue weighted by atomic mass is 10.1. The molecule has 4 nitrogen and oxygen atoms in total. The maximum atomic E-state index is 13.8. The van der Waals surface area contributed by atoms with Crippen LogP contribution < -0.4 is 5.32 Å². The number of rotatable bonds is 3. The van der Waals surface area contributed by atoms with E-state index in [-0.39, 0.29) is 0 Å². The van der Waals surface area contributed by atoms with Crippen LogP contribution in [0.2, 0.25) is 0 Å². The number of halogens is 3. The van der Waals surface area contributed by atoms with Crippen LogP contribution in [0.5, 0.6) is 0 Å². The Morgan fingerprint density at radius 1 is 1.00 bits per heavy atom. The van der Waals surface area contributed by atoms with E-state index in [0.717, 1.165) is 17.2 Å². The van der Waals surface area contributed by atoms with Crippen LogP contribution in [0.15, 0.2) is 59.0 Å². The van der Waals surface area contributed by atoms with Crippen molar-refractivity contribution in [2.75, 3.05) is 5.32 Å². The molecule has 0 bridgehead atoms. The Hall–Kier alpha value is -3.61. The summed E-state index contributed by atoms with van der Waals surface area (Å²) in [7, 11) is 0. The predicted molar refractivity (Wildman–Crippen MR) is 98.5 cm³/mol. The van der Waals surface area contributed by atoms with Gasteiger partial charge in [-0.2, -0.15) is 0 Å². The largest absolute Gasteiger partial charge is 0.436 e. The molecule has 7 heteroatoms. The first-order valence-corrected chi connectivity index (χ1v) is 8.35. The Labute approximate surface area is 157 Å². The second-order valence-electron chi connectivity index (χ2n) is 6.25. The van der Waals surface area contributed by atoms with Crippen LogP contribution in [-0.2, 0) is 0 Å². The number of hydrogen-bond acceptors (Lipinski definition) is 3. The van der Waals surface area contributed by atoms with E-state index in [9.17, 15) is 18.0 Å². The third-order valence-electron chi connectivity index (χ3n) is 4.19. The van der Waals surface area contributed by atoms with Gasteiger partial charge in [0.2, 0.25) is 5.89 Å². The van der Waals surface area contributed by atoms with Crippen LogP contribution in [0.3, 0.4) is 0 Å². The van der Waals surface area contributed by atoms with Crippen molar-refractivity contribution in [3.8, 4) is 11.5 Å². The second-order valence-corrected chi connectivity index (χ2v) is 6.25. The molecule has 1 N–H and O–H groups in total. The number of anilines is 1. The first kappa shape index (κ1) is 17.8. The van der Waals surface area contributed by atoms with Gasteiger partial charge in [0.15, 0.2) is 23.0 Å². The summed E-state index contributed by atoms with van der Waals surface area (Å²) in [5, 5.41) is 2.44. The van der Waals surface area contributed by atoms with Crippen LogP contribution in [-0.4, -0.2) is 10.9 Å². The van der Waals surface area contributed by atoms with Crippen LogP contribution in [0, 0.1) is 24.4 Å². The number of oxazole rings is 1. The fourth-order valence-corrected chi connectivity index (χ4v) is 2.80. The van der Waals surface area contributed by atoms with Gasteiger partial charge in [0.05, 0.1) is 5.56 Å². The van der Waals surface area contributed by atoms with Gasteiger partial charge in [-0.25, -0.2) is 18.2 Å². The highest BCUT2D eigenvalue weighted by atomic mass is 19.2. The van der Waals surface area contributed by atoms with E-state index in [1.54, 1.807) is 12.1 Å². The third kappa shape index (κ3) is 3.22. The quantitative estimate of drug-likeness (QED) is 0.478. The Morgan fingerprint density at radius 3 is 2.61 bits per heavy atom. The molecule has 4 rings (SSSR count). The number of nitrogens with zero attached hydrogens (tertiary/aromatic N) is 1. The number of aryl methyl sites for hydroxylation is 1. The highest BCUT2D eigenvalue weighted by Gasteiger charge is 2.19. The van der Waals surface area contributed by atoms with Gasteiger partial charge in [-0.05, 0) is 43.3 Å². The summed E-state index contributed by atoms with van der Waals surface area (Å²) >= 11 is 0. The van der Waals surface area contributed by atoms with E-state index in [1.807, 2.05) is 31.2 Å². The molecule has 0 unspecified atom stereocenters. The number of hydrogen-bond donors (Lipinski definition) is 1. The minimum Gasteiger partial charge on any atom is -0.436 e. The zero-order valence-electron chi connectivity index (χ0n) is 14.6. The Bertz CT molecular complexity index is 1220. The monoisotopic (exact) mass is 382 g/mol. The summed E-state index contributed by atoms with van der Waals surface area (Å²) in [6.07, 6.45) is 0. The minimum absolute atomic E-state index is 0.300. The molecule has 0 radical (unpaired) electrons. The average Bonchev–Trinajstić information content (AvgIpc) is 3.09. The summed E-state index contributed by atoms with van der Waals surface area (Å²) in [5.74, 6) is -5.08. The molecular formula is C21H13F3N2O2. The van der Waals surface area contributed by atoms with Crippen LogP contribution in [0.4, 0.5) is 18.9 Å². The molecule has 1 amide bonds. The molecule has 1 aromatic heterocycles. The van der Waals surface area contributed by atoms with Gasteiger partial charge in [-0.15, -0.1) is 0 Å². The lowest BCUT2D eigenvalue weighted by Crippen LogP contribution is -2.15. The predicted octanol–water partition coefficient (Wildman–Crippen LogP) is 5.47. The molecule has 4 aromatic rings. The lowest BCUT2D eigenvalue weighted by molar-refractivity contribution is 0.102. The average molecular weight is 382 g/mol. The molecule has 0 aliphatic carbocycles. The number of carbonyl (C=O) groups is 1. The Morgan fingerprint density at radius 2 is 1.82 bits per heavy atom. The molecule has 0 aliphatic rings. The Balaban J connectivity index is 1.63. The highest BCUT2D eigenvalue weighted by molar-refractivity contribution is 6.05. The lowest BCUT2D eigenvalue weighted by Gasteiger charge is -2.06. The molecule has 1 heterocycles. The number of amides is 1. The van der Waals surface area contributed by atoms with Crippen molar-refractivity contribution >= 4 is 22.7 Å². The summed E-state index contributed by atoms with van der Waals surface area (Å²) in [6, 6.07) is 13.9. The summed E-state index contributed by atoms with van der Waals surface area (Å²) in [4.78, 5) is 16.6. The van der Waals surface area contributed by atoms with Crippen LogP contribution >= 0.6 is 0 Å². The summed E-state index contributed by atoms with van der Waals surface area (Å²) < 4.78 is 45.9. The van der Waals surface area contributed by atoms with Crippen molar-refractivity contribution in [3.05, 3.63) is 83.2 Å². The zero-order valence-corrected chi connectivity index (χ0v) is 14.6. The SMILES string of the molecule is Cc1cccc(-c2nc3ccc(NC(=O)c4ccc(F)c(F)c4F)cc3o2)c1. The molecule has 3 aromatic carbocycles. The molecule has 28 heavy (non-hydrogen) atoms. The van der Waals surface area contributed by atoms with E-state index in [0.29, 0.717) is 28.7 Å². The fourth-order valence-electron chi connectivity index (χ4n) is 2.80. The van der Waals surface area contributed by atoms with Crippen LogP contribution in [0.25, 0.3) is 22.6 Å². The molecule has 0 saturated heterocycles. The number of aromatic nitrogens is 1. The van der Waals surface area contributed by atoms with Crippen molar-refractivity contribution in [3.63, 3.8) is 0 Å². The van der Waals surface area contributed by atoms with Crippen molar-refractivity contribution in [2.45, 2.75) is 6.92 Å². The van der Waals surface area contributed by atoms with Crippen LogP contribution in [0.1, 0.15) is 15.9 Å². The van der Waals surface area contributed by atoms with Crippen molar-refractivity contribution < 1.29 is 22.4 Å². The minimum atomic E-state index is -1.69. The maximum absolute atomic E-state index is 13.8. The van der Waals surface area contributed by atoms with Gasteiger partial charge in [-0.3, -0.25) is 4.79 Å². The van der Waals surface area contributed by atoms with Crippen molar-refractivity contribution in [1.82, 2.24) is 4.98 Å². The number of nitrogens with one attached hydrogen (secondary N) is 1. The van der Waals surface area contributed by atoms with Crippen molar-refractivity contribution in [2.24, 2.45) is 0 Å². The topological polar surface area (TPSA) is 55.1 Å². The maximum Gasteiger partial charge on any atom is 0.258 e. The van der Waals surface area contributed by atoms with Gasteiger partial charge in [0.25, 0.3) is 5.91 Å². The molecule has 140 valence electrons. The molecule has 0 saturated carbocycles. The highest BCUT2D eigenvalue weighted by Crippen LogP contribution is 2.27.